The second kappa shape index (κ2) is 10.1. The first-order valence-corrected chi connectivity index (χ1v) is 10.9. The summed E-state index contributed by atoms with van der Waals surface area (Å²) in [6.45, 7) is 0.490. The highest BCUT2D eigenvalue weighted by Gasteiger charge is 2.14. The van der Waals surface area contributed by atoms with Crippen molar-refractivity contribution >= 4 is 29.4 Å². The number of ether oxygens (including phenoxy) is 1. The molecule has 3 aromatic rings. The van der Waals surface area contributed by atoms with Gasteiger partial charge in [-0.2, -0.15) is 0 Å². The van der Waals surface area contributed by atoms with Crippen molar-refractivity contribution in [3.05, 3.63) is 54.5 Å². The lowest BCUT2D eigenvalue weighted by Gasteiger charge is -2.10. The molecule has 1 N–H and O–H groups in total. The summed E-state index contributed by atoms with van der Waals surface area (Å²) in [5.74, 6) is 1.89. The number of thioether (sulfide) groups is 2. The van der Waals surface area contributed by atoms with Gasteiger partial charge in [0.15, 0.2) is 5.16 Å². The molecule has 0 bridgehead atoms. The van der Waals surface area contributed by atoms with Crippen molar-refractivity contribution in [3.63, 3.8) is 0 Å². The van der Waals surface area contributed by atoms with Crippen LogP contribution in [0, 0.1) is 0 Å². The highest BCUT2D eigenvalue weighted by atomic mass is 32.2. The molecule has 0 radical (unpaired) electrons. The molecule has 146 valence electrons. The lowest BCUT2D eigenvalue weighted by Crippen LogP contribution is -2.28. The number of rotatable bonds is 9. The van der Waals surface area contributed by atoms with Gasteiger partial charge in [0.05, 0.1) is 17.9 Å². The van der Waals surface area contributed by atoms with Crippen molar-refractivity contribution in [1.82, 2.24) is 25.1 Å². The summed E-state index contributed by atoms with van der Waals surface area (Å²) in [4.78, 5) is 16.3. The zero-order chi connectivity index (χ0) is 19.8. The van der Waals surface area contributed by atoms with Crippen LogP contribution in [0.1, 0.15) is 5.82 Å². The summed E-state index contributed by atoms with van der Waals surface area (Å²) in [7, 11) is 1.64. The number of nitrogens with zero attached hydrogens (tertiary/aromatic N) is 4. The van der Waals surface area contributed by atoms with Crippen molar-refractivity contribution in [2.24, 2.45) is 0 Å². The number of hydrogen-bond donors (Lipinski definition) is 1. The maximum atomic E-state index is 12.1. The van der Waals surface area contributed by atoms with E-state index in [4.69, 9.17) is 4.74 Å². The molecule has 0 atom stereocenters. The number of nitrogens with one attached hydrogen (secondary N) is 1. The smallest absolute Gasteiger partial charge is 0.230 e. The van der Waals surface area contributed by atoms with Crippen LogP contribution in [0.4, 0.5) is 0 Å². The molecule has 1 aromatic carbocycles. The van der Waals surface area contributed by atoms with Gasteiger partial charge in [-0.3, -0.25) is 9.36 Å². The van der Waals surface area contributed by atoms with Gasteiger partial charge < -0.3 is 10.1 Å². The minimum absolute atomic E-state index is 0.0312. The van der Waals surface area contributed by atoms with Crippen LogP contribution in [0.2, 0.25) is 0 Å². The maximum Gasteiger partial charge on any atom is 0.230 e. The summed E-state index contributed by atoms with van der Waals surface area (Å²) >= 11 is 2.94. The molecule has 0 aliphatic heterocycles. The number of benzene rings is 1. The van der Waals surface area contributed by atoms with E-state index in [0.717, 1.165) is 27.4 Å². The highest BCUT2D eigenvalue weighted by molar-refractivity contribution is 7.99. The normalized spacial score (nSPS) is 10.6. The monoisotopic (exact) mass is 415 g/mol. The predicted octanol–water partition coefficient (Wildman–Crippen LogP) is 2.84. The van der Waals surface area contributed by atoms with E-state index < -0.39 is 0 Å². The van der Waals surface area contributed by atoms with E-state index in [0.29, 0.717) is 18.7 Å². The van der Waals surface area contributed by atoms with Crippen LogP contribution in [0.25, 0.3) is 5.69 Å². The zero-order valence-corrected chi connectivity index (χ0v) is 17.3. The van der Waals surface area contributed by atoms with Crippen molar-refractivity contribution in [3.8, 4) is 11.4 Å². The Morgan fingerprint density at radius 3 is 2.68 bits per heavy atom. The second-order valence-corrected chi connectivity index (χ2v) is 7.46. The first-order valence-electron chi connectivity index (χ1n) is 8.64. The first-order chi connectivity index (χ1) is 13.7. The van der Waals surface area contributed by atoms with Gasteiger partial charge in [-0.15, -0.1) is 10.2 Å². The van der Waals surface area contributed by atoms with Crippen LogP contribution in [-0.2, 0) is 11.2 Å². The quantitative estimate of drug-likeness (QED) is 0.538. The Balaban J connectivity index is 1.58. The molecule has 0 spiro atoms. The molecule has 2 aromatic heterocycles. The lowest BCUT2D eigenvalue weighted by molar-refractivity contribution is -0.118. The Morgan fingerprint density at radius 2 is 2.00 bits per heavy atom. The average molecular weight is 416 g/mol. The molecule has 0 saturated carbocycles. The molecule has 28 heavy (non-hydrogen) atoms. The molecule has 0 aliphatic rings. The Kier molecular flexibility index (Phi) is 7.32. The fourth-order valence-corrected chi connectivity index (χ4v) is 3.73. The van der Waals surface area contributed by atoms with Crippen molar-refractivity contribution < 1.29 is 9.53 Å². The van der Waals surface area contributed by atoms with E-state index in [1.54, 1.807) is 13.3 Å². The topological polar surface area (TPSA) is 81.9 Å². The average Bonchev–Trinajstić information content (AvgIpc) is 3.16. The predicted molar refractivity (Wildman–Crippen MR) is 111 cm³/mol. The first kappa shape index (κ1) is 20.2. The Bertz CT molecular complexity index is 900. The maximum absolute atomic E-state index is 12.1. The third-order valence-electron chi connectivity index (χ3n) is 3.87. The number of aromatic nitrogens is 4. The molecule has 2 heterocycles. The Morgan fingerprint density at radius 1 is 1.18 bits per heavy atom. The summed E-state index contributed by atoms with van der Waals surface area (Å²) in [6.07, 6.45) is 4.26. The molecule has 0 fully saturated rings. The highest BCUT2D eigenvalue weighted by Crippen LogP contribution is 2.22. The van der Waals surface area contributed by atoms with E-state index in [1.807, 2.05) is 53.3 Å². The lowest BCUT2D eigenvalue weighted by atomic mass is 10.3. The molecule has 0 saturated heterocycles. The minimum Gasteiger partial charge on any atom is -0.497 e. The molecule has 0 unspecified atom stereocenters. The van der Waals surface area contributed by atoms with Gasteiger partial charge in [-0.1, -0.05) is 29.6 Å². The Labute approximate surface area is 172 Å². The third kappa shape index (κ3) is 5.26. The summed E-state index contributed by atoms with van der Waals surface area (Å²) in [6, 6.07) is 13.4. The largest absolute Gasteiger partial charge is 0.497 e. The second-order valence-electron chi connectivity index (χ2n) is 5.69. The number of hydrogen-bond acceptors (Lipinski definition) is 7. The van der Waals surface area contributed by atoms with Crippen molar-refractivity contribution in [2.75, 3.05) is 25.7 Å². The summed E-state index contributed by atoms with van der Waals surface area (Å²) in [5.41, 5.74) is 0.960. The standard InChI is InChI=1S/C19H21N5O2S2/c1-26-15-8-6-14(7-9-15)24-16(22-23-19(24)27-2)10-12-20-17(25)13-28-18-5-3-4-11-21-18/h3-9,11H,10,12-13H2,1-2H3,(H,20,25). The molecule has 0 aliphatic carbocycles. The van der Waals surface area contributed by atoms with Gasteiger partial charge in [-0.05, 0) is 42.7 Å². The third-order valence-corrected chi connectivity index (χ3v) is 5.45. The van der Waals surface area contributed by atoms with Gasteiger partial charge in [0.25, 0.3) is 0 Å². The fraction of sp³-hybridized carbons (Fsp3) is 0.263. The van der Waals surface area contributed by atoms with Crippen LogP contribution in [-0.4, -0.2) is 51.3 Å². The van der Waals surface area contributed by atoms with E-state index in [-0.39, 0.29) is 5.91 Å². The number of amides is 1. The van der Waals surface area contributed by atoms with Crippen LogP contribution >= 0.6 is 23.5 Å². The van der Waals surface area contributed by atoms with Gasteiger partial charge in [-0.25, -0.2) is 4.98 Å². The SMILES string of the molecule is COc1ccc(-n2c(CCNC(=O)CSc3ccccn3)nnc2SC)cc1. The molecular formula is C19H21N5O2S2. The van der Waals surface area contributed by atoms with Crippen molar-refractivity contribution in [2.45, 2.75) is 16.6 Å². The molecule has 7 nitrogen and oxygen atoms in total. The Hall–Kier alpha value is -2.52. The van der Waals surface area contributed by atoms with Crippen LogP contribution in [0.5, 0.6) is 5.75 Å². The van der Waals surface area contributed by atoms with Crippen LogP contribution in [0.15, 0.2) is 58.8 Å². The van der Waals surface area contributed by atoms with E-state index in [1.165, 1.54) is 23.5 Å². The van der Waals surface area contributed by atoms with Crippen molar-refractivity contribution in [1.29, 1.82) is 0 Å². The van der Waals surface area contributed by atoms with Gasteiger partial charge in [0, 0.05) is 24.8 Å². The summed E-state index contributed by atoms with van der Waals surface area (Å²) < 4.78 is 7.22. The minimum atomic E-state index is -0.0312. The van der Waals surface area contributed by atoms with Gasteiger partial charge in [0.1, 0.15) is 11.6 Å². The zero-order valence-electron chi connectivity index (χ0n) is 15.7. The fourth-order valence-electron chi connectivity index (χ4n) is 2.52. The molecular weight excluding hydrogens is 394 g/mol. The number of carbonyl (C=O) groups is 1. The van der Waals surface area contributed by atoms with Gasteiger partial charge in [0.2, 0.25) is 5.91 Å². The van der Waals surface area contributed by atoms with E-state index in [9.17, 15) is 4.79 Å². The number of methoxy groups -OCH3 is 1. The molecule has 3 rings (SSSR count). The molecule has 9 heteroatoms. The van der Waals surface area contributed by atoms with Crippen LogP contribution in [0.3, 0.4) is 0 Å². The van der Waals surface area contributed by atoms with E-state index in [2.05, 4.69) is 20.5 Å². The van der Waals surface area contributed by atoms with Crippen LogP contribution < -0.4 is 10.1 Å². The van der Waals surface area contributed by atoms with Gasteiger partial charge >= 0.3 is 0 Å². The molecule has 1 amide bonds. The number of pyridine rings is 1. The number of carbonyl (C=O) groups excluding carboxylic acids is 1. The van der Waals surface area contributed by atoms with E-state index >= 15 is 0 Å². The summed E-state index contributed by atoms with van der Waals surface area (Å²) in [5, 5.41) is 13.1.